The summed E-state index contributed by atoms with van der Waals surface area (Å²) in [4.78, 5) is 18.4. The van der Waals surface area contributed by atoms with Crippen LogP contribution in [-0.4, -0.2) is 33.5 Å². The first-order valence-electron chi connectivity index (χ1n) is 7.91. The number of hydrogen-bond donors (Lipinski definition) is 1. The summed E-state index contributed by atoms with van der Waals surface area (Å²) in [5.74, 6) is -0.503. The molecule has 0 radical (unpaired) electrons. The van der Waals surface area contributed by atoms with Gasteiger partial charge in [0.05, 0.1) is 11.7 Å². The van der Waals surface area contributed by atoms with Gasteiger partial charge in [-0.25, -0.2) is 9.37 Å². The van der Waals surface area contributed by atoms with Crippen molar-refractivity contribution in [1.82, 2.24) is 9.88 Å². The molecule has 1 saturated heterocycles. The SMILES string of the molecule is O=C(c1cccnc1Cl)N1CCCC1CC(O)c1ccc(F)cc1. The van der Waals surface area contributed by atoms with Gasteiger partial charge in [-0.15, -0.1) is 0 Å². The fourth-order valence-corrected chi connectivity index (χ4v) is 3.33. The van der Waals surface area contributed by atoms with E-state index >= 15 is 0 Å². The van der Waals surface area contributed by atoms with Gasteiger partial charge in [-0.05, 0) is 49.1 Å². The Morgan fingerprint density at radius 2 is 2.12 bits per heavy atom. The molecule has 1 fully saturated rings. The molecule has 2 aromatic rings. The first kappa shape index (κ1) is 16.9. The van der Waals surface area contributed by atoms with Crippen LogP contribution in [0.25, 0.3) is 0 Å². The van der Waals surface area contributed by atoms with Crippen LogP contribution in [0.5, 0.6) is 0 Å². The highest BCUT2D eigenvalue weighted by Gasteiger charge is 2.32. The molecule has 1 aliphatic heterocycles. The number of carbonyl (C=O) groups is 1. The standard InChI is InChI=1S/C18H18ClFN2O2/c19-17-15(4-1-9-21-17)18(24)22-10-2-3-14(22)11-16(23)12-5-7-13(20)8-6-12/h1,4-9,14,16,23H,2-3,10-11H2. The van der Waals surface area contributed by atoms with Crippen molar-refractivity contribution in [1.29, 1.82) is 0 Å². The number of likely N-dealkylation sites (tertiary alicyclic amines) is 1. The molecule has 24 heavy (non-hydrogen) atoms. The molecule has 0 bridgehead atoms. The van der Waals surface area contributed by atoms with Crippen LogP contribution in [0.15, 0.2) is 42.6 Å². The van der Waals surface area contributed by atoms with Crippen molar-refractivity contribution in [2.75, 3.05) is 6.54 Å². The predicted molar refractivity (Wildman–Crippen MR) is 89.3 cm³/mol. The third kappa shape index (κ3) is 3.57. The van der Waals surface area contributed by atoms with Crippen LogP contribution in [-0.2, 0) is 0 Å². The lowest BCUT2D eigenvalue weighted by molar-refractivity contribution is 0.0667. The molecular formula is C18H18ClFN2O2. The minimum Gasteiger partial charge on any atom is -0.388 e. The van der Waals surface area contributed by atoms with Crippen LogP contribution in [0.1, 0.15) is 41.3 Å². The number of nitrogens with zero attached hydrogens (tertiary/aromatic N) is 2. The van der Waals surface area contributed by atoms with Crippen molar-refractivity contribution in [2.24, 2.45) is 0 Å². The Bertz CT molecular complexity index is 723. The number of aliphatic hydroxyl groups is 1. The van der Waals surface area contributed by atoms with Crippen molar-refractivity contribution in [3.63, 3.8) is 0 Å². The average molecular weight is 349 g/mol. The van der Waals surface area contributed by atoms with Crippen molar-refractivity contribution >= 4 is 17.5 Å². The monoisotopic (exact) mass is 348 g/mol. The van der Waals surface area contributed by atoms with Crippen LogP contribution in [0.2, 0.25) is 5.15 Å². The highest BCUT2D eigenvalue weighted by Crippen LogP contribution is 2.29. The second-order valence-electron chi connectivity index (χ2n) is 5.94. The predicted octanol–water partition coefficient (Wildman–Crippen LogP) is 3.60. The van der Waals surface area contributed by atoms with Crippen molar-refractivity contribution in [2.45, 2.75) is 31.4 Å². The number of aliphatic hydroxyl groups excluding tert-OH is 1. The number of aromatic nitrogens is 1. The summed E-state index contributed by atoms with van der Waals surface area (Å²) >= 11 is 6.02. The second-order valence-corrected chi connectivity index (χ2v) is 6.30. The van der Waals surface area contributed by atoms with Gasteiger partial charge in [-0.3, -0.25) is 4.79 Å². The minimum absolute atomic E-state index is 0.0752. The fourth-order valence-electron chi connectivity index (χ4n) is 3.13. The number of amides is 1. The molecule has 0 saturated carbocycles. The van der Waals surface area contributed by atoms with E-state index in [9.17, 15) is 14.3 Å². The van der Waals surface area contributed by atoms with Crippen LogP contribution >= 0.6 is 11.6 Å². The molecule has 0 spiro atoms. The van der Waals surface area contributed by atoms with E-state index in [0.29, 0.717) is 24.1 Å². The number of benzene rings is 1. The van der Waals surface area contributed by atoms with Gasteiger partial charge in [-0.2, -0.15) is 0 Å². The first-order chi connectivity index (χ1) is 11.6. The molecule has 0 aliphatic carbocycles. The summed E-state index contributed by atoms with van der Waals surface area (Å²) in [5.41, 5.74) is 1.03. The van der Waals surface area contributed by atoms with Gasteiger partial charge in [0.1, 0.15) is 11.0 Å². The molecule has 1 N–H and O–H groups in total. The molecule has 4 nitrogen and oxygen atoms in total. The number of carbonyl (C=O) groups excluding carboxylic acids is 1. The van der Waals surface area contributed by atoms with Gasteiger partial charge in [0.15, 0.2) is 0 Å². The smallest absolute Gasteiger partial charge is 0.257 e. The normalized spacial score (nSPS) is 18.6. The average Bonchev–Trinajstić information content (AvgIpc) is 3.03. The van der Waals surface area contributed by atoms with E-state index in [1.54, 1.807) is 35.4 Å². The van der Waals surface area contributed by atoms with E-state index in [-0.39, 0.29) is 22.9 Å². The maximum Gasteiger partial charge on any atom is 0.257 e. The first-order valence-corrected chi connectivity index (χ1v) is 8.29. The molecule has 6 heteroatoms. The Balaban J connectivity index is 1.72. The van der Waals surface area contributed by atoms with Crippen LogP contribution < -0.4 is 0 Å². The lowest BCUT2D eigenvalue weighted by Crippen LogP contribution is -2.36. The Labute approximate surface area is 144 Å². The number of pyridine rings is 1. The van der Waals surface area contributed by atoms with E-state index in [1.807, 2.05) is 0 Å². The second kappa shape index (κ2) is 7.28. The van der Waals surface area contributed by atoms with Gasteiger partial charge >= 0.3 is 0 Å². The summed E-state index contributed by atoms with van der Waals surface area (Å²) in [6.45, 7) is 0.630. The van der Waals surface area contributed by atoms with Crippen LogP contribution in [0.3, 0.4) is 0 Å². The molecule has 1 aromatic carbocycles. The van der Waals surface area contributed by atoms with Gasteiger partial charge in [-0.1, -0.05) is 23.7 Å². The number of rotatable bonds is 4. The highest BCUT2D eigenvalue weighted by molar-refractivity contribution is 6.32. The molecule has 1 aromatic heterocycles. The van der Waals surface area contributed by atoms with E-state index in [0.717, 1.165) is 12.8 Å². The summed E-state index contributed by atoms with van der Waals surface area (Å²) in [6.07, 6.45) is 2.91. The number of halogens is 2. The zero-order chi connectivity index (χ0) is 17.1. The summed E-state index contributed by atoms with van der Waals surface area (Å²) in [7, 11) is 0. The molecule has 2 heterocycles. The zero-order valence-electron chi connectivity index (χ0n) is 13.0. The lowest BCUT2D eigenvalue weighted by Gasteiger charge is -2.27. The molecule has 126 valence electrons. The maximum absolute atomic E-state index is 13.0. The summed E-state index contributed by atoms with van der Waals surface area (Å²) < 4.78 is 13.0. The number of hydrogen-bond acceptors (Lipinski definition) is 3. The van der Waals surface area contributed by atoms with Gasteiger partial charge in [0.25, 0.3) is 5.91 Å². The Hall–Kier alpha value is -1.98. The van der Waals surface area contributed by atoms with Crippen LogP contribution in [0.4, 0.5) is 4.39 Å². The lowest BCUT2D eigenvalue weighted by atomic mass is 10.00. The Morgan fingerprint density at radius 3 is 2.83 bits per heavy atom. The molecule has 1 amide bonds. The third-order valence-electron chi connectivity index (χ3n) is 4.38. The third-order valence-corrected chi connectivity index (χ3v) is 4.68. The summed E-state index contributed by atoms with van der Waals surface area (Å²) in [5, 5.41) is 10.6. The van der Waals surface area contributed by atoms with Crippen molar-refractivity contribution < 1.29 is 14.3 Å². The quantitative estimate of drug-likeness (QED) is 0.859. The van der Waals surface area contributed by atoms with Crippen molar-refractivity contribution in [3.05, 3.63) is 64.7 Å². The molecule has 2 atom stereocenters. The molecule has 2 unspecified atom stereocenters. The Kier molecular flexibility index (Phi) is 5.11. The van der Waals surface area contributed by atoms with Crippen molar-refractivity contribution in [3.8, 4) is 0 Å². The van der Waals surface area contributed by atoms with E-state index in [4.69, 9.17) is 11.6 Å². The Morgan fingerprint density at radius 1 is 1.38 bits per heavy atom. The topological polar surface area (TPSA) is 53.4 Å². The largest absolute Gasteiger partial charge is 0.388 e. The molecular weight excluding hydrogens is 331 g/mol. The van der Waals surface area contributed by atoms with Gasteiger partial charge in [0, 0.05) is 18.8 Å². The van der Waals surface area contributed by atoms with E-state index in [2.05, 4.69) is 4.98 Å². The van der Waals surface area contributed by atoms with Crippen LogP contribution in [0, 0.1) is 5.82 Å². The van der Waals surface area contributed by atoms with E-state index < -0.39 is 6.10 Å². The van der Waals surface area contributed by atoms with Gasteiger partial charge < -0.3 is 10.0 Å². The zero-order valence-corrected chi connectivity index (χ0v) is 13.8. The van der Waals surface area contributed by atoms with E-state index in [1.165, 1.54) is 12.1 Å². The minimum atomic E-state index is -0.742. The highest BCUT2D eigenvalue weighted by atomic mass is 35.5. The molecule has 1 aliphatic rings. The summed E-state index contributed by atoms with van der Waals surface area (Å²) in [6, 6.07) is 9.05. The fraction of sp³-hybridized carbons (Fsp3) is 0.333. The van der Waals surface area contributed by atoms with Gasteiger partial charge in [0.2, 0.25) is 0 Å². The maximum atomic E-state index is 13.0. The molecule has 3 rings (SSSR count).